The Labute approximate surface area is 91.0 Å². The number of rotatable bonds is 4. The van der Waals surface area contributed by atoms with Gasteiger partial charge in [0.2, 0.25) is 0 Å². The second-order valence-electron chi connectivity index (χ2n) is 2.82. The van der Waals surface area contributed by atoms with Crippen LogP contribution in [-0.2, 0) is 0 Å². The molecule has 86 valence electrons. The van der Waals surface area contributed by atoms with Crippen LogP contribution in [0.15, 0.2) is 24.3 Å². The molecular formula is C11H9F3O2. The first-order valence-corrected chi connectivity index (χ1v) is 4.43. The van der Waals surface area contributed by atoms with Gasteiger partial charge in [-0.1, -0.05) is 0 Å². The van der Waals surface area contributed by atoms with E-state index < -0.39 is 6.36 Å². The molecule has 0 heterocycles. The summed E-state index contributed by atoms with van der Waals surface area (Å²) in [5.74, 6) is 2.55. The molecule has 0 atom stereocenters. The predicted octanol–water partition coefficient (Wildman–Crippen LogP) is 2.99. The molecule has 1 rings (SSSR count). The molecular weight excluding hydrogens is 221 g/mol. The Kier molecular flexibility index (Phi) is 4.06. The molecule has 0 unspecified atom stereocenters. The largest absolute Gasteiger partial charge is 0.573 e. The van der Waals surface area contributed by atoms with Crippen molar-refractivity contribution in [1.29, 1.82) is 0 Å². The quantitative estimate of drug-likeness (QED) is 0.584. The lowest BCUT2D eigenvalue weighted by molar-refractivity contribution is -0.274. The van der Waals surface area contributed by atoms with Crippen LogP contribution in [0.5, 0.6) is 11.5 Å². The Morgan fingerprint density at radius 2 is 1.69 bits per heavy atom. The molecule has 5 heteroatoms. The molecule has 0 N–H and O–H groups in total. The summed E-state index contributed by atoms with van der Waals surface area (Å²) in [6, 6.07) is 5.13. The van der Waals surface area contributed by atoms with Crippen LogP contribution in [0.4, 0.5) is 13.2 Å². The highest BCUT2D eigenvalue weighted by Gasteiger charge is 2.30. The molecule has 0 saturated carbocycles. The molecule has 0 radical (unpaired) electrons. The molecule has 0 saturated heterocycles. The van der Waals surface area contributed by atoms with Gasteiger partial charge in [0.1, 0.15) is 11.5 Å². The lowest BCUT2D eigenvalue weighted by atomic mass is 10.3. The van der Waals surface area contributed by atoms with Gasteiger partial charge in [0.15, 0.2) is 0 Å². The molecule has 0 aliphatic carbocycles. The average molecular weight is 230 g/mol. The molecule has 0 amide bonds. The smallest absolute Gasteiger partial charge is 0.493 e. The number of hydrogen-bond acceptors (Lipinski definition) is 2. The van der Waals surface area contributed by atoms with E-state index in [-0.39, 0.29) is 5.75 Å². The number of ether oxygens (including phenoxy) is 2. The number of benzene rings is 1. The average Bonchev–Trinajstić information content (AvgIpc) is 2.19. The fraction of sp³-hybridized carbons (Fsp3) is 0.273. The van der Waals surface area contributed by atoms with Crippen molar-refractivity contribution in [2.45, 2.75) is 12.8 Å². The summed E-state index contributed by atoms with van der Waals surface area (Å²) in [6.07, 6.45) is 0.782. The Morgan fingerprint density at radius 1 is 1.12 bits per heavy atom. The third-order valence-corrected chi connectivity index (χ3v) is 1.57. The lowest BCUT2D eigenvalue weighted by Gasteiger charge is -2.09. The normalized spacial score (nSPS) is 10.6. The van der Waals surface area contributed by atoms with E-state index in [1.807, 2.05) is 0 Å². The summed E-state index contributed by atoms with van der Waals surface area (Å²) in [4.78, 5) is 0. The summed E-state index contributed by atoms with van der Waals surface area (Å²) < 4.78 is 44.3. The van der Waals surface area contributed by atoms with Crippen LogP contribution < -0.4 is 9.47 Å². The van der Waals surface area contributed by atoms with Gasteiger partial charge in [0.05, 0.1) is 6.61 Å². The Bertz CT molecular complexity index is 362. The van der Waals surface area contributed by atoms with Gasteiger partial charge >= 0.3 is 6.36 Å². The van der Waals surface area contributed by atoms with E-state index in [2.05, 4.69) is 10.7 Å². The van der Waals surface area contributed by atoms with Crippen molar-refractivity contribution in [2.24, 2.45) is 0 Å². The Hall–Kier alpha value is -1.83. The Morgan fingerprint density at radius 3 is 2.19 bits per heavy atom. The topological polar surface area (TPSA) is 18.5 Å². The van der Waals surface area contributed by atoms with Crippen LogP contribution in [-0.4, -0.2) is 13.0 Å². The maximum atomic E-state index is 11.8. The maximum Gasteiger partial charge on any atom is 0.573 e. The monoisotopic (exact) mass is 230 g/mol. The van der Waals surface area contributed by atoms with Crippen molar-refractivity contribution < 1.29 is 22.6 Å². The van der Waals surface area contributed by atoms with Crippen molar-refractivity contribution in [3.63, 3.8) is 0 Å². The molecule has 1 aromatic carbocycles. The van der Waals surface area contributed by atoms with Gasteiger partial charge in [-0.25, -0.2) is 0 Å². The molecule has 16 heavy (non-hydrogen) atoms. The minimum atomic E-state index is -4.67. The van der Waals surface area contributed by atoms with Crippen LogP contribution in [0.3, 0.4) is 0 Å². The molecule has 0 aliphatic rings. The second kappa shape index (κ2) is 5.31. The molecule has 2 nitrogen and oxygen atoms in total. The fourth-order valence-electron chi connectivity index (χ4n) is 0.965. The third-order valence-electron chi connectivity index (χ3n) is 1.57. The van der Waals surface area contributed by atoms with E-state index in [0.29, 0.717) is 18.8 Å². The van der Waals surface area contributed by atoms with E-state index in [9.17, 15) is 13.2 Å². The maximum absolute atomic E-state index is 11.8. The van der Waals surface area contributed by atoms with Gasteiger partial charge in [-0.05, 0) is 24.3 Å². The minimum Gasteiger partial charge on any atom is -0.493 e. The first-order valence-electron chi connectivity index (χ1n) is 4.43. The van der Waals surface area contributed by atoms with Crippen molar-refractivity contribution in [1.82, 2.24) is 0 Å². The molecule has 0 fully saturated rings. The van der Waals surface area contributed by atoms with Gasteiger partial charge in [-0.15, -0.1) is 25.5 Å². The summed E-state index contributed by atoms with van der Waals surface area (Å²) in [7, 11) is 0. The highest BCUT2D eigenvalue weighted by atomic mass is 19.4. The minimum absolute atomic E-state index is 0.281. The lowest BCUT2D eigenvalue weighted by Crippen LogP contribution is -2.16. The van der Waals surface area contributed by atoms with Crippen molar-refractivity contribution in [2.75, 3.05) is 6.61 Å². The fourth-order valence-corrected chi connectivity index (χ4v) is 0.965. The van der Waals surface area contributed by atoms with Crippen molar-refractivity contribution in [3.05, 3.63) is 24.3 Å². The molecule has 0 bridgehead atoms. The van der Waals surface area contributed by atoms with Crippen LogP contribution >= 0.6 is 0 Å². The number of alkyl halides is 3. The van der Waals surface area contributed by atoms with Gasteiger partial charge in [-0.3, -0.25) is 0 Å². The Balaban J connectivity index is 2.52. The molecule has 0 aromatic heterocycles. The SMILES string of the molecule is C#CCCOc1ccc(OC(F)(F)F)cc1. The van der Waals surface area contributed by atoms with Crippen LogP contribution in [0.25, 0.3) is 0 Å². The van der Waals surface area contributed by atoms with E-state index in [1.165, 1.54) is 24.3 Å². The number of halogens is 3. The summed E-state index contributed by atoms with van der Waals surface area (Å²) in [5.41, 5.74) is 0. The van der Waals surface area contributed by atoms with Gasteiger partial charge in [-0.2, -0.15) is 0 Å². The zero-order chi connectivity index (χ0) is 12.0. The van der Waals surface area contributed by atoms with Crippen LogP contribution in [0.1, 0.15) is 6.42 Å². The molecule has 0 spiro atoms. The molecule has 0 aliphatic heterocycles. The predicted molar refractivity (Wildman–Crippen MR) is 52.1 cm³/mol. The van der Waals surface area contributed by atoms with E-state index in [0.717, 1.165) is 0 Å². The van der Waals surface area contributed by atoms with E-state index in [1.54, 1.807) is 0 Å². The van der Waals surface area contributed by atoms with Gasteiger partial charge in [0, 0.05) is 6.42 Å². The zero-order valence-electron chi connectivity index (χ0n) is 8.25. The third kappa shape index (κ3) is 4.60. The molecule has 1 aromatic rings. The highest BCUT2D eigenvalue weighted by Crippen LogP contribution is 2.24. The number of hydrogen-bond donors (Lipinski definition) is 0. The van der Waals surface area contributed by atoms with E-state index >= 15 is 0 Å². The summed E-state index contributed by atoms with van der Waals surface area (Å²) >= 11 is 0. The first kappa shape index (κ1) is 12.2. The van der Waals surface area contributed by atoms with Gasteiger partial charge < -0.3 is 9.47 Å². The summed E-state index contributed by atoms with van der Waals surface area (Å²) in [5, 5.41) is 0. The highest BCUT2D eigenvalue weighted by molar-refractivity contribution is 5.31. The zero-order valence-corrected chi connectivity index (χ0v) is 8.25. The summed E-state index contributed by atoms with van der Waals surface area (Å²) in [6.45, 7) is 0.329. The first-order chi connectivity index (χ1) is 7.51. The van der Waals surface area contributed by atoms with Crippen molar-refractivity contribution >= 4 is 0 Å². The van der Waals surface area contributed by atoms with E-state index in [4.69, 9.17) is 11.2 Å². The van der Waals surface area contributed by atoms with Crippen LogP contribution in [0, 0.1) is 12.3 Å². The van der Waals surface area contributed by atoms with Crippen molar-refractivity contribution in [3.8, 4) is 23.8 Å². The van der Waals surface area contributed by atoms with Crippen LogP contribution in [0.2, 0.25) is 0 Å². The second-order valence-corrected chi connectivity index (χ2v) is 2.82. The van der Waals surface area contributed by atoms with Gasteiger partial charge in [0.25, 0.3) is 0 Å². The standard InChI is InChI=1S/C11H9F3O2/c1-2-3-8-15-9-4-6-10(7-5-9)16-11(12,13)14/h1,4-7H,3,8H2. The number of terminal acetylenes is 1.